The first-order valence-electron chi connectivity index (χ1n) is 10.9. The Labute approximate surface area is 200 Å². The number of nitrogens with zero attached hydrogens (tertiary/aromatic N) is 1. The van der Waals surface area contributed by atoms with E-state index in [1.54, 1.807) is 35.2 Å². The Kier molecular flexibility index (Phi) is 7.32. The molecular formula is C25H24FN3O4S. The molecule has 3 amide bonds. The Morgan fingerprint density at radius 2 is 1.91 bits per heavy atom. The average molecular weight is 482 g/mol. The lowest BCUT2D eigenvalue weighted by Crippen LogP contribution is -2.42. The van der Waals surface area contributed by atoms with E-state index in [9.17, 15) is 18.8 Å². The van der Waals surface area contributed by atoms with Crippen LogP contribution in [0, 0.1) is 11.7 Å². The number of hydrogen-bond acceptors (Lipinski definition) is 5. The fraction of sp³-hybridized carbons (Fsp3) is 0.240. The predicted octanol–water partition coefficient (Wildman–Crippen LogP) is 4.05. The van der Waals surface area contributed by atoms with Gasteiger partial charge in [-0.15, -0.1) is 0 Å². The number of carbonyl (C=O) groups is 3. The summed E-state index contributed by atoms with van der Waals surface area (Å²) in [6, 6.07) is 13.2. The minimum atomic E-state index is -0.472. The van der Waals surface area contributed by atoms with Crippen LogP contribution in [0.25, 0.3) is 11.0 Å². The van der Waals surface area contributed by atoms with E-state index < -0.39 is 11.7 Å². The molecule has 0 atom stereocenters. The number of furan rings is 1. The number of carbonyl (C=O) groups excluding carboxylic acids is 3. The summed E-state index contributed by atoms with van der Waals surface area (Å²) in [5.41, 5.74) is 1.35. The van der Waals surface area contributed by atoms with Gasteiger partial charge in [0.15, 0.2) is 5.76 Å². The van der Waals surface area contributed by atoms with Gasteiger partial charge in [0.2, 0.25) is 11.8 Å². The molecule has 176 valence electrons. The maximum Gasteiger partial charge on any atom is 0.297 e. The fourth-order valence-electron chi connectivity index (χ4n) is 3.80. The van der Waals surface area contributed by atoms with Gasteiger partial charge in [-0.25, -0.2) is 4.39 Å². The summed E-state index contributed by atoms with van der Waals surface area (Å²) < 4.78 is 22.0. The fourth-order valence-corrected chi connectivity index (χ4v) is 4.42. The molecule has 1 saturated heterocycles. The highest BCUT2D eigenvalue weighted by molar-refractivity contribution is 7.98. The second-order valence-electron chi connectivity index (χ2n) is 7.97. The van der Waals surface area contributed by atoms with Crippen LogP contribution in [0.3, 0.4) is 0 Å². The maximum atomic E-state index is 13.7. The molecule has 4 rings (SSSR count). The van der Waals surface area contributed by atoms with Crippen LogP contribution in [0.1, 0.15) is 29.0 Å². The number of rotatable bonds is 7. The molecule has 0 spiro atoms. The topological polar surface area (TPSA) is 91.7 Å². The summed E-state index contributed by atoms with van der Waals surface area (Å²) in [6.07, 6.45) is 2.53. The van der Waals surface area contributed by atoms with Gasteiger partial charge in [-0.05, 0) is 60.7 Å². The Hall–Kier alpha value is -3.59. The van der Waals surface area contributed by atoms with Crippen LogP contribution in [0.15, 0.2) is 70.5 Å². The number of halogens is 1. The SMILES string of the molecule is C=CC(=O)N1CCC(C(=O)NCc2ccc3cc(C(=O)NSc4ccccc4F)oc3c2)CC1. The Bertz CT molecular complexity index is 1230. The first-order valence-corrected chi connectivity index (χ1v) is 11.7. The molecule has 0 saturated carbocycles. The number of benzene rings is 2. The number of nitrogens with one attached hydrogen (secondary N) is 2. The lowest BCUT2D eigenvalue weighted by molar-refractivity contribution is -0.132. The zero-order valence-corrected chi connectivity index (χ0v) is 19.2. The molecule has 1 fully saturated rings. The lowest BCUT2D eigenvalue weighted by Gasteiger charge is -2.30. The van der Waals surface area contributed by atoms with Gasteiger partial charge in [0.05, 0.1) is 4.90 Å². The summed E-state index contributed by atoms with van der Waals surface area (Å²) >= 11 is 0.882. The molecule has 0 radical (unpaired) electrons. The molecule has 2 heterocycles. The van der Waals surface area contributed by atoms with Crippen LogP contribution < -0.4 is 10.0 Å². The van der Waals surface area contributed by atoms with Crippen molar-refractivity contribution in [1.29, 1.82) is 0 Å². The van der Waals surface area contributed by atoms with Gasteiger partial charge < -0.3 is 14.6 Å². The van der Waals surface area contributed by atoms with Crippen molar-refractivity contribution in [3.63, 3.8) is 0 Å². The van der Waals surface area contributed by atoms with E-state index in [0.717, 1.165) is 22.9 Å². The van der Waals surface area contributed by atoms with Crippen LogP contribution in [0.4, 0.5) is 4.39 Å². The molecular weight excluding hydrogens is 457 g/mol. The minimum absolute atomic E-state index is 0.0459. The van der Waals surface area contributed by atoms with Crippen molar-refractivity contribution in [1.82, 2.24) is 14.9 Å². The summed E-state index contributed by atoms with van der Waals surface area (Å²) in [4.78, 5) is 38.7. The van der Waals surface area contributed by atoms with Gasteiger partial charge in [-0.3, -0.25) is 19.1 Å². The zero-order valence-electron chi connectivity index (χ0n) is 18.4. The van der Waals surface area contributed by atoms with Gasteiger partial charge in [0.1, 0.15) is 11.4 Å². The monoisotopic (exact) mass is 481 g/mol. The Morgan fingerprint density at radius 1 is 1.15 bits per heavy atom. The maximum absolute atomic E-state index is 13.7. The van der Waals surface area contributed by atoms with E-state index in [0.29, 0.717) is 43.0 Å². The van der Waals surface area contributed by atoms with Crippen molar-refractivity contribution in [2.75, 3.05) is 13.1 Å². The molecule has 7 nitrogen and oxygen atoms in total. The van der Waals surface area contributed by atoms with Gasteiger partial charge in [0.25, 0.3) is 5.91 Å². The normalized spacial score (nSPS) is 14.1. The van der Waals surface area contributed by atoms with Crippen molar-refractivity contribution in [3.8, 4) is 0 Å². The molecule has 3 aromatic rings. The van der Waals surface area contributed by atoms with Crippen LogP contribution in [-0.4, -0.2) is 35.7 Å². The molecule has 0 bridgehead atoms. The molecule has 1 aromatic heterocycles. The average Bonchev–Trinajstić information content (AvgIpc) is 3.30. The van der Waals surface area contributed by atoms with Crippen LogP contribution in [0.5, 0.6) is 0 Å². The van der Waals surface area contributed by atoms with E-state index >= 15 is 0 Å². The van der Waals surface area contributed by atoms with Crippen LogP contribution in [-0.2, 0) is 16.1 Å². The molecule has 0 unspecified atom stereocenters. The molecule has 34 heavy (non-hydrogen) atoms. The van der Waals surface area contributed by atoms with E-state index in [-0.39, 0.29) is 23.5 Å². The Balaban J connectivity index is 1.32. The number of piperidine rings is 1. The zero-order chi connectivity index (χ0) is 24.1. The second kappa shape index (κ2) is 10.6. The van der Waals surface area contributed by atoms with Crippen molar-refractivity contribution in [2.45, 2.75) is 24.3 Å². The second-order valence-corrected chi connectivity index (χ2v) is 8.82. The third kappa shape index (κ3) is 5.48. The van der Waals surface area contributed by atoms with Crippen LogP contribution in [0.2, 0.25) is 0 Å². The lowest BCUT2D eigenvalue weighted by atomic mass is 9.95. The van der Waals surface area contributed by atoms with E-state index in [2.05, 4.69) is 16.6 Å². The van der Waals surface area contributed by atoms with E-state index in [4.69, 9.17) is 4.42 Å². The quantitative estimate of drug-likeness (QED) is 0.392. The van der Waals surface area contributed by atoms with Gasteiger partial charge in [0, 0.05) is 30.9 Å². The van der Waals surface area contributed by atoms with Crippen molar-refractivity contribution in [2.24, 2.45) is 5.92 Å². The highest BCUT2D eigenvalue weighted by atomic mass is 32.2. The minimum Gasteiger partial charge on any atom is -0.451 e. The summed E-state index contributed by atoms with van der Waals surface area (Å²) in [5, 5.41) is 3.69. The molecule has 1 aliphatic heterocycles. The molecule has 1 aliphatic rings. The summed E-state index contributed by atoms with van der Waals surface area (Å²) in [6.45, 7) is 4.91. The third-order valence-corrected chi connectivity index (χ3v) is 6.56. The molecule has 9 heteroatoms. The number of fused-ring (bicyclic) bond motifs is 1. The third-order valence-electron chi connectivity index (χ3n) is 5.72. The van der Waals surface area contributed by atoms with E-state index in [1.807, 2.05) is 12.1 Å². The molecule has 0 aliphatic carbocycles. The molecule has 2 aromatic carbocycles. The standard InChI is InChI=1S/C25H24FN3O4S/c1-2-23(30)29-11-9-17(10-12-29)24(31)27-15-16-7-8-18-14-21(33-20(18)13-16)25(32)28-34-22-6-4-3-5-19(22)26/h2-8,13-14,17H,1,9-12,15H2,(H,27,31)(H,28,32). The van der Waals surface area contributed by atoms with Crippen molar-refractivity contribution in [3.05, 3.63) is 78.3 Å². The van der Waals surface area contributed by atoms with Gasteiger partial charge >= 0.3 is 0 Å². The van der Waals surface area contributed by atoms with Gasteiger partial charge in [-0.1, -0.05) is 30.8 Å². The number of amides is 3. The smallest absolute Gasteiger partial charge is 0.297 e. The molecule has 2 N–H and O–H groups in total. The number of likely N-dealkylation sites (tertiary alicyclic amines) is 1. The van der Waals surface area contributed by atoms with Crippen molar-refractivity contribution >= 4 is 40.6 Å². The van der Waals surface area contributed by atoms with Crippen LogP contribution >= 0.6 is 11.9 Å². The number of hydrogen-bond donors (Lipinski definition) is 2. The summed E-state index contributed by atoms with van der Waals surface area (Å²) in [5.74, 6) is -1.07. The van der Waals surface area contributed by atoms with E-state index in [1.165, 1.54) is 12.1 Å². The predicted molar refractivity (Wildman–Crippen MR) is 127 cm³/mol. The highest BCUT2D eigenvalue weighted by Gasteiger charge is 2.26. The Morgan fingerprint density at radius 3 is 2.65 bits per heavy atom. The highest BCUT2D eigenvalue weighted by Crippen LogP contribution is 2.24. The summed E-state index contributed by atoms with van der Waals surface area (Å²) in [7, 11) is 0. The van der Waals surface area contributed by atoms with Crippen molar-refractivity contribution < 1.29 is 23.2 Å². The first-order chi connectivity index (χ1) is 16.4. The largest absolute Gasteiger partial charge is 0.451 e. The first kappa shape index (κ1) is 23.6. The van der Waals surface area contributed by atoms with Gasteiger partial charge in [-0.2, -0.15) is 0 Å².